The highest BCUT2D eigenvalue weighted by atomic mass is 15.2. The van der Waals surface area contributed by atoms with E-state index >= 15 is 0 Å². The minimum atomic E-state index is 0.482. The Bertz CT molecular complexity index is 335. The lowest BCUT2D eigenvalue weighted by Gasteiger charge is -2.32. The highest BCUT2D eigenvalue weighted by molar-refractivity contribution is 5.79. The molecule has 2 N–H and O–H groups in total. The van der Waals surface area contributed by atoms with Crippen LogP contribution in [0, 0.1) is 5.92 Å². The maximum atomic E-state index is 4.74. The Balaban J connectivity index is 2.19. The molecule has 0 spiro atoms. The summed E-state index contributed by atoms with van der Waals surface area (Å²) < 4.78 is 0. The summed E-state index contributed by atoms with van der Waals surface area (Å²) in [5.41, 5.74) is 0. The van der Waals surface area contributed by atoms with E-state index in [1.54, 1.807) is 0 Å². The monoisotopic (exact) mass is 339 g/mol. The fourth-order valence-electron chi connectivity index (χ4n) is 2.92. The van der Waals surface area contributed by atoms with Gasteiger partial charge in [-0.3, -0.25) is 4.99 Å². The van der Waals surface area contributed by atoms with E-state index in [-0.39, 0.29) is 0 Å². The Hall–Kier alpha value is -0.810. The van der Waals surface area contributed by atoms with Crippen molar-refractivity contribution in [2.75, 3.05) is 52.9 Å². The second kappa shape index (κ2) is 12.5. The number of likely N-dealkylation sites (N-methyl/N-ethyl adjacent to an activating group) is 1. The fourth-order valence-corrected chi connectivity index (χ4v) is 2.92. The summed E-state index contributed by atoms with van der Waals surface area (Å²) in [7, 11) is 2.21. The SMILES string of the molecule is CCNC(=NCCCCN1CCN(C)CC1)NC(C)CCC(C)C. The fraction of sp³-hybridized carbons (Fsp3) is 0.947. The lowest BCUT2D eigenvalue weighted by Crippen LogP contribution is -2.44. The van der Waals surface area contributed by atoms with Crippen LogP contribution < -0.4 is 10.6 Å². The summed E-state index contributed by atoms with van der Waals surface area (Å²) in [6, 6.07) is 0.482. The van der Waals surface area contributed by atoms with E-state index in [2.05, 4.69) is 55.2 Å². The van der Waals surface area contributed by atoms with Gasteiger partial charge in [-0.2, -0.15) is 0 Å². The molecule has 1 unspecified atom stereocenters. The summed E-state index contributed by atoms with van der Waals surface area (Å²) in [6.45, 7) is 16.9. The predicted octanol–water partition coefficient (Wildman–Crippen LogP) is 2.39. The zero-order chi connectivity index (χ0) is 17.8. The maximum Gasteiger partial charge on any atom is 0.191 e. The molecule has 24 heavy (non-hydrogen) atoms. The number of nitrogens with one attached hydrogen (secondary N) is 2. The van der Waals surface area contributed by atoms with Gasteiger partial charge in [0.05, 0.1) is 0 Å². The van der Waals surface area contributed by atoms with Crippen molar-refractivity contribution < 1.29 is 0 Å². The van der Waals surface area contributed by atoms with Gasteiger partial charge >= 0.3 is 0 Å². The van der Waals surface area contributed by atoms with Crippen molar-refractivity contribution in [1.82, 2.24) is 20.4 Å². The predicted molar refractivity (Wildman–Crippen MR) is 106 cm³/mol. The number of unbranched alkanes of at least 4 members (excludes halogenated alkanes) is 1. The van der Waals surface area contributed by atoms with E-state index in [4.69, 9.17) is 4.99 Å². The Morgan fingerprint density at radius 2 is 1.75 bits per heavy atom. The van der Waals surface area contributed by atoms with Gasteiger partial charge < -0.3 is 20.4 Å². The molecule has 1 aliphatic rings. The van der Waals surface area contributed by atoms with Crippen LogP contribution in [0.25, 0.3) is 0 Å². The zero-order valence-electron chi connectivity index (χ0n) is 16.8. The normalized spacial score (nSPS) is 18.8. The van der Waals surface area contributed by atoms with Gasteiger partial charge in [-0.1, -0.05) is 13.8 Å². The van der Waals surface area contributed by atoms with Gasteiger partial charge in [0.25, 0.3) is 0 Å². The average molecular weight is 340 g/mol. The van der Waals surface area contributed by atoms with Gasteiger partial charge in [0, 0.05) is 45.3 Å². The van der Waals surface area contributed by atoms with Gasteiger partial charge in [-0.05, 0) is 59.0 Å². The molecule has 5 nitrogen and oxygen atoms in total. The molecule has 1 fully saturated rings. The van der Waals surface area contributed by atoms with Crippen LogP contribution in [0.2, 0.25) is 0 Å². The number of nitrogens with zero attached hydrogens (tertiary/aromatic N) is 3. The molecule has 1 rings (SSSR count). The number of piperazine rings is 1. The lowest BCUT2D eigenvalue weighted by atomic mass is 10.0. The van der Waals surface area contributed by atoms with Crippen LogP contribution in [0.5, 0.6) is 0 Å². The standard InChI is InChI=1S/C19H41N5/c1-6-20-19(22-18(4)10-9-17(2)3)21-11-7-8-12-24-15-13-23(5)14-16-24/h17-18H,6-16H2,1-5H3,(H2,20,21,22). The largest absolute Gasteiger partial charge is 0.357 e. The van der Waals surface area contributed by atoms with E-state index in [0.29, 0.717) is 6.04 Å². The molecule has 0 aromatic carbocycles. The van der Waals surface area contributed by atoms with Crippen molar-refractivity contribution in [2.45, 2.75) is 59.4 Å². The van der Waals surface area contributed by atoms with Crippen LogP contribution in [0.15, 0.2) is 4.99 Å². The van der Waals surface area contributed by atoms with Gasteiger partial charge in [-0.15, -0.1) is 0 Å². The van der Waals surface area contributed by atoms with Crippen LogP contribution in [-0.4, -0.2) is 74.7 Å². The van der Waals surface area contributed by atoms with Crippen LogP contribution in [-0.2, 0) is 0 Å². The average Bonchev–Trinajstić information content (AvgIpc) is 2.54. The molecule has 5 heteroatoms. The van der Waals surface area contributed by atoms with Crippen molar-refractivity contribution in [3.8, 4) is 0 Å². The van der Waals surface area contributed by atoms with Crippen molar-refractivity contribution in [3.63, 3.8) is 0 Å². The molecule has 0 bridgehead atoms. The first-order chi connectivity index (χ1) is 11.5. The lowest BCUT2D eigenvalue weighted by molar-refractivity contribution is 0.152. The number of hydrogen-bond acceptors (Lipinski definition) is 3. The maximum absolute atomic E-state index is 4.74. The zero-order valence-corrected chi connectivity index (χ0v) is 16.8. The molecule has 142 valence electrons. The minimum absolute atomic E-state index is 0.482. The van der Waals surface area contributed by atoms with Gasteiger partial charge in [0.1, 0.15) is 0 Å². The van der Waals surface area contributed by atoms with Crippen LogP contribution in [0.1, 0.15) is 53.4 Å². The molecule has 1 heterocycles. The first kappa shape index (κ1) is 21.2. The molecule has 0 aliphatic carbocycles. The number of rotatable bonds is 10. The number of aliphatic imine (C=N–C) groups is 1. The van der Waals surface area contributed by atoms with E-state index in [0.717, 1.165) is 25.0 Å². The molecular weight excluding hydrogens is 298 g/mol. The molecule has 0 saturated carbocycles. The van der Waals surface area contributed by atoms with Crippen LogP contribution in [0.3, 0.4) is 0 Å². The second-order valence-electron chi connectivity index (χ2n) is 7.63. The van der Waals surface area contributed by atoms with Crippen LogP contribution in [0.4, 0.5) is 0 Å². The van der Waals surface area contributed by atoms with Crippen molar-refractivity contribution in [1.29, 1.82) is 0 Å². The van der Waals surface area contributed by atoms with E-state index in [9.17, 15) is 0 Å². The molecule has 0 aromatic rings. The highest BCUT2D eigenvalue weighted by Crippen LogP contribution is 2.06. The Morgan fingerprint density at radius 1 is 1.04 bits per heavy atom. The third-order valence-electron chi connectivity index (χ3n) is 4.65. The van der Waals surface area contributed by atoms with Crippen molar-refractivity contribution in [3.05, 3.63) is 0 Å². The Labute approximate surface area is 150 Å². The molecule has 0 amide bonds. The summed E-state index contributed by atoms with van der Waals surface area (Å²) in [4.78, 5) is 9.74. The topological polar surface area (TPSA) is 42.9 Å². The van der Waals surface area contributed by atoms with Gasteiger partial charge in [-0.25, -0.2) is 0 Å². The third-order valence-corrected chi connectivity index (χ3v) is 4.65. The summed E-state index contributed by atoms with van der Waals surface area (Å²) >= 11 is 0. The Morgan fingerprint density at radius 3 is 2.38 bits per heavy atom. The van der Waals surface area contributed by atoms with E-state index < -0.39 is 0 Å². The first-order valence-corrected chi connectivity index (χ1v) is 9.97. The van der Waals surface area contributed by atoms with E-state index in [1.807, 2.05) is 0 Å². The number of hydrogen-bond donors (Lipinski definition) is 2. The Kier molecular flexibility index (Phi) is 11.1. The molecule has 1 aliphatic heterocycles. The minimum Gasteiger partial charge on any atom is -0.357 e. The summed E-state index contributed by atoms with van der Waals surface area (Å²) in [6.07, 6.45) is 4.88. The summed E-state index contributed by atoms with van der Waals surface area (Å²) in [5, 5.41) is 6.91. The first-order valence-electron chi connectivity index (χ1n) is 9.97. The molecule has 1 saturated heterocycles. The quantitative estimate of drug-likeness (QED) is 0.364. The molecule has 1 atom stereocenters. The second-order valence-corrected chi connectivity index (χ2v) is 7.63. The third kappa shape index (κ3) is 10.1. The molecular formula is C19H41N5. The molecule has 0 aromatic heterocycles. The highest BCUT2D eigenvalue weighted by Gasteiger charge is 2.12. The van der Waals surface area contributed by atoms with Crippen molar-refractivity contribution >= 4 is 5.96 Å². The van der Waals surface area contributed by atoms with Gasteiger partial charge in [0.2, 0.25) is 0 Å². The van der Waals surface area contributed by atoms with Gasteiger partial charge in [0.15, 0.2) is 5.96 Å². The van der Waals surface area contributed by atoms with Crippen molar-refractivity contribution in [2.24, 2.45) is 10.9 Å². The number of guanidine groups is 1. The molecule has 0 radical (unpaired) electrons. The smallest absolute Gasteiger partial charge is 0.191 e. The van der Waals surface area contributed by atoms with Crippen LogP contribution >= 0.6 is 0 Å². The van der Waals surface area contributed by atoms with E-state index in [1.165, 1.54) is 58.4 Å². The summed E-state index contributed by atoms with van der Waals surface area (Å²) in [5.74, 6) is 1.75.